The molecule has 1 fully saturated rings. The first kappa shape index (κ1) is 20.6. The van der Waals surface area contributed by atoms with Gasteiger partial charge in [0, 0.05) is 6.61 Å². The van der Waals surface area contributed by atoms with E-state index in [2.05, 4.69) is 56.2 Å². The number of hydrogen-bond donors (Lipinski definition) is 0. The molecule has 1 saturated heterocycles. The molecule has 2 heteroatoms. The van der Waals surface area contributed by atoms with Crippen LogP contribution in [0.4, 0.5) is 0 Å². The molecule has 0 saturated carbocycles. The third-order valence-corrected chi connectivity index (χ3v) is 5.18. The zero-order chi connectivity index (χ0) is 18.6. The Morgan fingerprint density at radius 1 is 1.19 bits per heavy atom. The predicted octanol–water partition coefficient (Wildman–Crippen LogP) is 5.74. The van der Waals surface area contributed by atoms with Crippen molar-refractivity contribution in [2.24, 2.45) is 0 Å². The minimum atomic E-state index is -0.233. The van der Waals surface area contributed by atoms with Gasteiger partial charge in [-0.1, -0.05) is 105 Å². The van der Waals surface area contributed by atoms with E-state index in [1.165, 1.54) is 49.3 Å². The second kappa shape index (κ2) is 11.8. The summed E-state index contributed by atoms with van der Waals surface area (Å²) >= 11 is 0. The molecule has 138 valence electrons. The molecule has 1 aliphatic rings. The van der Waals surface area contributed by atoms with Gasteiger partial charge in [-0.15, -0.1) is 6.42 Å². The van der Waals surface area contributed by atoms with E-state index in [4.69, 9.17) is 11.2 Å². The molecule has 0 radical (unpaired) electrons. The summed E-state index contributed by atoms with van der Waals surface area (Å²) in [4.78, 5) is 0. The van der Waals surface area contributed by atoms with Gasteiger partial charge in [-0.25, -0.2) is 0 Å². The topological polar surface area (TPSA) is 9.23 Å². The first-order valence-corrected chi connectivity index (χ1v) is 10.3. The normalized spacial score (nSPS) is 17.1. The number of rotatable bonds is 8. The van der Waals surface area contributed by atoms with Crippen LogP contribution in [-0.2, 0) is 4.74 Å². The van der Waals surface area contributed by atoms with Gasteiger partial charge in [-0.3, -0.25) is 0 Å². The molecule has 1 nitrogen and oxygen atoms in total. The van der Waals surface area contributed by atoms with E-state index >= 15 is 0 Å². The fourth-order valence-electron chi connectivity index (χ4n) is 3.51. The van der Waals surface area contributed by atoms with Crippen LogP contribution in [-0.4, -0.2) is 19.4 Å². The van der Waals surface area contributed by atoms with Crippen LogP contribution >= 0.6 is 0 Å². The third-order valence-electron chi connectivity index (χ3n) is 5.18. The van der Waals surface area contributed by atoms with Crippen molar-refractivity contribution in [2.75, 3.05) is 6.61 Å². The highest BCUT2D eigenvalue weighted by Crippen LogP contribution is 2.18. The first-order chi connectivity index (χ1) is 12.7. The van der Waals surface area contributed by atoms with Gasteiger partial charge in [0.15, 0.2) is 6.71 Å². The largest absolute Gasteiger partial charge is 0.361 e. The summed E-state index contributed by atoms with van der Waals surface area (Å²) in [5.41, 5.74) is 3.88. The molecule has 0 aliphatic carbocycles. The van der Waals surface area contributed by atoms with Crippen molar-refractivity contribution in [3.05, 3.63) is 47.6 Å². The molecule has 0 spiro atoms. The lowest BCUT2D eigenvalue weighted by Gasteiger charge is -2.11. The van der Waals surface area contributed by atoms with Gasteiger partial charge in [0.1, 0.15) is 6.10 Å². The van der Waals surface area contributed by atoms with Gasteiger partial charge in [-0.05, 0) is 25.0 Å². The standard InChI is InChI=1S/C24H33BO/c1-4-6-19-26-24(5-2)20-21(3)11-12-22-13-15-23(16-14-22)25-17-9-7-8-10-18-25/h2,11-16,20,24H,4,6-10,17-19H2,1,3H3/b12-11+,21-20+. The minimum Gasteiger partial charge on any atom is -0.361 e. The van der Waals surface area contributed by atoms with Gasteiger partial charge in [0.2, 0.25) is 0 Å². The molecule has 0 bridgehead atoms. The third kappa shape index (κ3) is 7.26. The molecule has 1 aliphatic heterocycles. The lowest BCUT2D eigenvalue weighted by molar-refractivity contribution is 0.118. The van der Waals surface area contributed by atoms with E-state index in [0.29, 0.717) is 0 Å². The summed E-state index contributed by atoms with van der Waals surface area (Å²) in [5, 5.41) is 0. The Labute approximate surface area is 161 Å². The summed E-state index contributed by atoms with van der Waals surface area (Å²) < 4.78 is 5.70. The van der Waals surface area contributed by atoms with Crippen LogP contribution in [0.3, 0.4) is 0 Å². The summed E-state index contributed by atoms with van der Waals surface area (Å²) in [6.45, 7) is 5.71. The quantitative estimate of drug-likeness (QED) is 0.252. The number of allylic oxidation sites excluding steroid dienone is 2. The van der Waals surface area contributed by atoms with Crippen molar-refractivity contribution in [3.8, 4) is 12.3 Å². The minimum absolute atomic E-state index is 0.233. The molecule has 2 rings (SSSR count). The fraction of sp³-hybridized carbons (Fsp3) is 0.500. The van der Waals surface area contributed by atoms with Gasteiger partial charge in [0.05, 0.1) is 0 Å². The molecular weight excluding hydrogens is 315 g/mol. The summed E-state index contributed by atoms with van der Waals surface area (Å²) in [5.74, 6) is 2.71. The highest BCUT2D eigenvalue weighted by Gasteiger charge is 2.17. The molecule has 1 unspecified atom stereocenters. The van der Waals surface area contributed by atoms with E-state index in [1.807, 2.05) is 6.08 Å². The molecule has 1 aromatic carbocycles. The maximum absolute atomic E-state index is 5.70. The summed E-state index contributed by atoms with van der Waals surface area (Å²) in [6.07, 6.45) is 22.1. The number of benzene rings is 1. The molecule has 0 aromatic heterocycles. The van der Waals surface area contributed by atoms with E-state index in [-0.39, 0.29) is 6.10 Å². The molecule has 26 heavy (non-hydrogen) atoms. The van der Waals surface area contributed by atoms with Gasteiger partial charge >= 0.3 is 0 Å². The van der Waals surface area contributed by atoms with Gasteiger partial charge in [0.25, 0.3) is 0 Å². The van der Waals surface area contributed by atoms with Crippen LogP contribution in [0.25, 0.3) is 6.08 Å². The molecule has 1 aromatic rings. The zero-order valence-corrected chi connectivity index (χ0v) is 16.5. The number of terminal acetylenes is 1. The van der Waals surface area contributed by atoms with E-state index in [9.17, 15) is 0 Å². The van der Waals surface area contributed by atoms with Crippen LogP contribution in [0.1, 0.15) is 57.9 Å². The first-order valence-electron chi connectivity index (χ1n) is 10.3. The molecule has 1 heterocycles. The fourth-order valence-corrected chi connectivity index (χ4v) is 3.51. The highest BCUT2D eigenvalue weighted by molar-refractivity contribution is 6.73. The lowest BCUT2D eigenvalue weighted by atomic mass is 9.40. The maximum Gasteiger partial charge on any atom is 0.175 e. The predicted molar refractivity (Wildman–Crippen MR) is 116 cm³/mol. The monoisotopic (exact) mass is 348 g/mol. The van der Waals surface area contributed by atoms with Crippen molar-refractivity contribution < 1.29 is 4.74 Å². The number of ether oxygens (including phenoxy) is 1. The van der Waals surface area contributed by atoms with Crippen molar-refractivity contribution in [1.82, 2.24) is 0 Å². The Bertz CT molecular complexity index is 613. The van der Waals surface area contributed by atoms with E-state index in [0.717, 1.165) is 31.7 Å². The molecule has 1 atom stereocenters. The van der Waals surface area contributed by atoms with Crippen molar-refractivity contribution in [1.29, 1.82) is 0 Å². The van der Waals surface area contributed by atoms with Crippen molar-refractivity contribution in [2.45, 2.75) is 71.1 Å². The molecule has 0 N–H and O–H groups in total. The number of hydrogen-bond acceptors (Lipinski definition) is 1. The van der Waals surface area contributed by atoms with Gasteiger partial charge < -0.3 is 4.74 Å². The average Bonchev–Trinajstić information content (AvgIpc) is 2.95. The van der Waals surface area contributed by atoms with Crippen molar-refractivity contribution in [3.63, 3.8) is 0 Å². The Hall–Kier alpha value is -1.72. The van der Waals surface area contributed by atoms with Crippen LogP contribution in [0.5, 0.6) is 0 Å². The van der Waals surface area contributed by atoms with Crippen molar-refractivity contribution >= 4 is 18.3 Å². The van der Waals surface area contributed by atoms with E-state index in [1.54, 1.807) is 0 Å². The second-order valence-electron chi connectivity index (χ2n) is 7.41. The lowest BCUT2D eigenvalue weighted by Crippen LogP contribution is -2.28. The van der Waals surface area contributed by atoms with Gasteiger partial charge in [-0.2, -0.15) is 0 Å². The number of unbranched alkanes of at least 4 members (excludes halogenated alkanes) is 1. The zero-order valence-electron chi connectivity index (χ0n) is 16.5. The maximum atomic E-state index is 5.70. The molecular formula is C24H33BO. The Morgan fingerprint density at radius 2 is 1.88 bits per heavy atom. The Kier molecular flexibility index (Phi) is 9.36. The highest BCUT2D eigenvalue weighted by atomic mass is 16.5. The van der Waals surface area contributed by atoms with Crippen LogP contribution in [0.15, 0.2) is 42.0 Å². The Morgan fingerprint density at radius 3 is 2.50 bits per heavy atom. The van der Waals surface area contributed by atoms with Crippen LogP contribution < -0.4 is 5.46 Å². The summed E-state index contributed by atoms with van der Waals surface area (Å²) in [6, 6.07) is 9.10. The smallest absolute Gasteiger partial charge is 0.175 e. The van der Waals surface area contributed by atoms with E-state index < -0.39 is 0 Å². The summed E-state index contributed by atoms with van der Waals surface area (Å²) in [7, 11) is 0. The SMILES string of the molecule is C#CC(/C=C(C)/C=C/c1ccc(B2CCCCCC2)cc1)OCCCC. The van der Waals surface area contributed by atoms with Crippen LogP contribution in [0, 0.1) is 12.3 Å². The second-order valence-corrected chi connectivity index (χ2v) is 7.41. The Balaban J connectivity index is 1.92. The average molecular weight is 348 g/mol. The van der Waals surface area contributed by atoms with Crippen LogP contribution in [0.2, 0.25) is 12.6 Å². The molecule has 0 amide bonds.